The van der Waals surface area contributed by atoms with Crippen LogP contribution in [0.4, 0.5) is 5.69 Å². The zero-order chi connectivity index (χ0) is 27.8. The molecule has 4 aliphatic heterocycles. The minimum atomic E-state index is -0.0395. The van der Waals surface area contributed by atoms with Crippen LogP contribution in [0.5, 0.6) is 0 Å². The fourth-order valence-electron chi connectivity index (χ4n) is 8.17. The van der Waals surface area contributed by atoms with Gasteiger partial charge >= 0.3 is 0 Å². The Labute approximate surface area is 245 Å². The van der Waals surface area contributed by atoms with Crippen LogP contribution in [0.3, 0.4) is 0 Å². The molecule has 5 heteroatoms. The van der Waals surface area contributed by atoms with E-state index in [1.54, 1.807) is 0 Å². The van der Waals surface area contributed by atoms with Crippen LogP contribution in [-0.4, -0.2) is 36.2 Å². The van der Waals surface area contributed by atoms with Crippen molar-refractivity contribution in [2.75, 3.05) is 18.0 Å². The summed E-state index contributed by atoms with van der Waals surface area (Å²) in [5, 5.41) is 15.1. The van der Waals surface area contributed by atoms with E-state index < -0.39 is 0 Å². The predicted octanol–water partition coefficient (Wildman–Crippen LogP) is 6.97. The molecule has 208 valence electrons. The third-order valence-electron chi connectivity index (χ3n) is 10.1. The first kappa shape index (κ1) is 24.4. The topological polar surface area (TPSA) is 47.6 Å². The molecule has 42 heavy (non-hydrogen) atoms. The minimum absolute atomic E-state index is 0.0395. The van der Waals surface area contributed by atoms with Crippen molar-refractivity contribution in [3.05, 3.63) is 103 Å². The Hall–Kier alpha value is -4.19. The molecule has 0 aromatic heterocycles. The van der Waals surface area contributed by atoms with Gasteiger partial charge in [-0.3, -0.25) is 20.3 Å². The van der Waals surface area contributed by atoms with Gasteiger partial charge in [0.1, 0.15) is 5.82 Å². The Morgan fingerprint density at radius 1 is 0.619 bits per heavy atom. The second-order valence-electron chi connectivity index (χ2n) is 12.4. The molecule has 3 saturated heterocycles. The van der Waals surface area contributed by atoms with Crippen LogP contribution in [0, 0.1) is 11.8 Å². The fraction of sp³-hybridized carbons (Fsp3) is 0.270. The maximum atomic E-state index is 14.2. The van der Waals surface area contributed by atoms with Crippen LogP contribution in [0.1, 0.15) is 25.7 Å². The molecule has 5 aromatic carbocycles. The normalized spacial score (nSPS) is 25.4. The van der Waals surface area contributed by atoms with E-state index in [0.29, 0.717) is 5.92 Å². The fourth-order valence-corrected chi connectivity index (χ4v) is 8.17. The summed E-state index contributed by atoms with van der Waals surface area (Å²) < 4.78 is 0. The van der Waals surface area contributed by atoms with E-state index in [-0.39, 0.29) is 24.2 Å². The average molecular weight is 551 g/mol. The second kappa shape index (κ2) is 9.41. The lowest BCUT2D eigenvalue weighted by molar-refractivity contribution is -0.129. The Morgan fingerprint density at radius 2 is 1.26 bits per heavy atom. The number of rotatable bonds is 2. The number of carbonyl (C=O) groups is 1. The minimum Gasteiger partial charge on any atom is -0.325 e. The summed E-state index contributed by atoms with van der Waals surface area (Å²) in [6.45, 7) is 2.00. The van der Waals surface area contributed by atoms with Gasteiger partial charge in [-0.15, -0.1) is 0 Å². The molecule has 4 aliphatic rings. The Kier molecular flexibility index (Phi) is 5.47. The van der Waals surface area contributed by atoms with Crippen molar-refractivity contribution in [3.63, 3.8) is 0 Å². The van der Waals surface area contributed by atoms with Gasteiger partial charge in [-0.2, -0.15) is 0 Å². The summed E-state index contributed by atoms with van der Waals surface area (Å²) in [5.74, 6) is 1.66. The van der Waals surface area contributed by atoms with Gasteiger partial charge < -0.3 is 4.90 Å². The molecule has 5 nitrogen and oxygen atoms in total. The van der Waals surface area contributed by atoms with Gasteiger partial charge in [0.15, 0.2) is 0 Å². The number of nitrogens with one attached hydrogen (secondary N) is 2. The highest BCUT2D eigenvalue weighted by molar-refractivity contribution is 6.25. The molecule has 0 aliphatic carbocycles. The number of nitrogens with zero attached hydrogens (tertiary/aromatic N) is 2. The monoisotopic (exact) mass is 550 g/mol. The number of carbonyl (C=O) groups excluding carboxylic acids is 1. The summed E-state index contributed by atoms with van der Waals surface area (Å²) >= 11 is 0. The number of fused-ring (bicyclic) bond motifs is 11. The summed E-state index contributed by atoms with van der Waals surface area (Å²) in [6.07, 6.45) is 7.00. The van der Waals surface area contributed by atoms with Gasteiger partial charge in [0, 0.05) is 5.92 Å². The highest BCUT2D eigenvalue weighted by atomic mass is 16.2. The summed E-state index contributed by atoms with van der Waals surface area (Å²) in [5.41, 5.74) is 3.25. The van der Waals surface area contributed by atoms with E-state index in [1.165, 1.54) is 44.3 Å². The number of piperidine rings is 2. The summed E-state index contributed by atoms with van der Waals surface area (Å²) in [6, 6.07) is 32.9. The van der Waals surface area contributed by atoms with E-state index in [4.69, 9.17) is 0 Å². The number of benzene rings is 5. The molecule has 0 saturated carbocycles. The lowest BCUT2D eigenvalue weighted by Crippen LogP contribution is -2.67. The molecule has 0 radical (unpaired) electrons. The Bertz CT molecular complexity index is 1890. The van der Waals surface area contributed by atoms with E-state index in [1.807, 2.05) is 4.90 Å². The first-order valence-electron chi connectivity index (χ1n) is 15.5. The third kappa shape index (κ3) is 3.53. The van der Waals surface area contributed by atoms with Gasteiger partial charge in [-0.05, 0) is 106 Å². The molecular weight excluding hydrogens is 516 g/mol. The Morgan fingerprint density at radius 3 is 2.02 bits per heavy atom. The first-order valence-corrected chi connectivity index (χ1v) is 15.5. The van der Waals surface area contributed by atoms with Crippen LogP contribution in [0.15, 0.2) is 103 Å². The highest BCUT2D eigenvalue weighted by Gasteiger charge is 2.52. The quantitative estimate of drug-likeness (QED) is 0.233. The van der Waals surface area contributed by atoms with Gasteiger partial charge in [0.2, 0.25) is 5.91 Å². The molecule has 4 atom stereocenters. The third-order valence-corrected chi connectivity index (χ3v) is 10.1. The number of anilines is 1. The largest absolute Gasteiger partial charge is 0.325 e. The van der Waals surface area contributed by atoms with Crippen LogP contribution in [0.2, 0.25) is 0 Å². The molecule has 1 amide bonds. The van der Waals surface area contributed by atoms with Crippen LogP contribution >= 0.6 is 0 Å². The molecule has 4 heterocycles. The molecule has 0 spiro atoms. The lowest BCUT2D eigenvalue weighted by atomic mass is 9.90. The molecular formula is C37H34N4O. The van der Waals surface area contributed by atoms with Gasteiger partial charge in [-0.25, -0.2) is 0 Å². The maximum Gasteiger partial charge on any atom is 0.239 e. The number of amides is 1. The van der Waals surface area contributed by atoms with E-state index in [2.05, 4.69) is 113 Å². The zero-order valence-electron chi connectivity index (χ0n) is 23.6. The van der Waals surface area contributed by atoms with Crippen molar-refractivity contribution in [2.24, 2.45) is 11.8 Å². The Balaban J connectivity index is 1.17. The van der Waals surface area contributed by atoms with Crippen molar-refractivity contribution in [1.82, 2.24) is 15.5 Å². The van der Waals surface area contributed by atoms with E-state index in [0.717, 1.165) is 49.4 Å². The lowest BCUT2D eigenvalue weighted by Gasteiger charge is -2.51. The summed E-state index contributed by atoms with van der Waals surface area (Å²) in [4.78, 5) is 18.7. The van der Waals surface area contributed by atoms with Crippen LogP contribution < -0.4 is 15.5 Å². The SMILES string of the molecule is O=C1C2CCCNC2N2C(=CC3CCCNC32)N1c1cccc(-c2ccc3c4ccccc4c4ccccc4c3c2)c1. The van der Waals surface area contributed by atoms with Crippen molar-refractivity contribution >= 4 is 43.9 Å². The van der Waals surface area contributed by atoms with Crippen molar-refractivity contribution in [1.29, 1.82) is 0 Å². The smallest absolute Gasteiger partial charge is 0.239 e. The standard InChI is InChI=1S/C37H34N4O/c42-37-32-15-7-19-39-36(32)41-34(22-25-9-6-18-38-35(25)41)40(37)26-10-5-8-23(20-26)24-16-17-31-29-13-2-1-11-27(29)28-12-3-4-14-30(28)33(31)21-24/h1-5,8,10-14,16-17,20-22,25,32,35-36,38-39H,6-7,9,15,18-19H2. The van der Waals surface area contributed by atoms with Gasteiger partial charge in [0.25, 0.3) is 0 Å². The molecule has 9 rings (SSSR count). The van der Waals surface area contributed by atoms with Gasteiger partial charge in [-0.1, -0.05) is 72.8 Å². The first-order chi connectivity index (χ1) is 20.8. The van der Waals surface area contributed by atoms with Gasteiger partial charge in [0.05, 0.1) is 23.9 Å². The molecule has 0 bridgehead atoms. The molecule has 3 fully saturated rings. The highest BCUT2D eigenvalue weighted by Crippen LogP contribution is 2.44. The maximum absolute atomic E-state index is 14.2. The van der Waals surface area contributed by atoms with E-state index >= 15 is 0 Å². The zero-order valence-corrected chi connectivity index (χ0v) is 23.6. The van der Waals surface area contributed by atoms with Crippen LogP contribution in [0.25, 0.3) is 43.4 Å². The van der Waals surface area contributed by atoms with E-state index in [9.17, 15) is 4.79 Å². The predicted molar refractivity (Wildman–Crippen MR) is 171 cm³/mol. The van der Waals surface area contributed by atoms with Crippen LogP contribution in [-0.2, 0) is 4.79 Å². The second-order valence-corrected chi connectivity index (χ2v) is 12.4. The summed E-state index contributed by atoms with van der Waals surface area (Å²) in [7, 11) is 0. The molecule has 2 N–H and O–H groups in total. The van der Waals surface area contributed by atoms with Crippen molar-refractivity contribution in [3.8, 4) is 11.1 Å². The molecule has 5 aromatic rings. The number of hydrogen-bond acceptors (Lipinski definition) is 4. The van der Waals surface area contributed by atoms with Crippen molar-refractivity contribution in [2.45, 2.75) is 38.0 Å². The number of hydrogen-bond donors (Lipinski definition) is 2. The average Bonchev–Trinajstić information content (AvgIpc) is 3.44. The van der Waals surface area contributed by atoms with Crippen molar-refractivity contribution < 1.29 is 4.79 Å². The molecule has 4 unspecified atom stereocenters.